The number of rotatable bonds is 7. The van der Waals surface area contributed by atoms with Crippen LogP contribution >= 0.6 is 11.3 Å². The monoisotopic (exact) mass is 531 g/mol. The first-order chi connectivity index (χ1) is 17.2. The van der Waals surface area contributed by atoms with Gasteiger partial charge in [-0.15, -0.1) is 0 Å². The number of piperidine rings is 1. The van der Waals surface area contributed by atoms with E-state index in [1.54, 1.807) is 10.6 Å². The largest absolute Gasteiger partial charge is 0.494 e. The number of thiazole rings is 1. The highest BCUT2D eigenvalue weighted by Gasteiger charge is 2.28. The third-order valence-corrected chi connectivity index (χ3v) is 9.11. The van der Waals surface area contributed by atoms with Crippen LogP contribution in [0.25, 0.3) is 10.2 Å². The fraction of sp³-hybridized carbons (Fsp3) is 0.400. The average molecular weight is 532 g/mol. The topological polar surface area (TPSA) is 107 Å². The number of ether oxygens (including phenoxy) is 2. The number of sulfonamides is 1. The van der Waals surface area contributed by atoms with Gasteiger partial charge in [-0.1, -0.05) is 18.3 Å². The molecule has 0 N–H and O–H groups in total. The molecule has 1 fully saturated rings. The summed E-state index contributed by atoms with van der Waals surface area (Å²) in [4.78, 5) is 29.8. The molecule has 1 aromatic heterocycles. The zero-order valence-electron chi connectivity index (χ0n) is 20.5. The second kappa shape index (κ2) is 10.9. The van der Waals surface area contributed by atoms with Crippen LogP contribution < -0.4 is 9.54 Å². The van der Waals surface area contributed by atoms with Gasteiger partial charge in [0.25, 0.3) is 5.91 Å². The highest BCUT2D eigenvalue weighted by atomic mass is 32.2. The van der Waals surface area contributed by atoms with E-state index < -0.39 is 21.9 Å². The minimum Gasteiger partial charge on any atom is -0.494 e. The van der Waals surface area contributed by atoms with Gasteiger partial charge in [0, 0.05) is 18.7 Å². The Hall–Kier alpha value is -3.02. The molecule has 0 bridgehead atoms. The highest BCUT2D eigenvalue weighted by molar-refractivity contribution is 7.89. The number of methoxy groups -OCH3 is 1. The number of aromatic nitrogens is 1. The van der Waals surface area contributed by atoms with Crippen molar-refractivity contribution >= 4 is 43.5 Å². The molecule has 0 atom stereocenters. The van der Waals surface area contributed by atoms with E-state index in [9.17, 15) is 18.0 Å². The quantitative estimate of drug-likeness (QED) is 0.433. The van der Waals surface area contributed by atoms with Gasteiger partial charge in [-0.3, -0.25) is 9.59 Å². The van der Waals surface area contributed by atoms with E-state index >= 15 is 0 Å². The molecule has 9 nitrogen and oxygen atoms in total. The summed E-state index contributed by atoms with van der Waals surface area (Å²) in [6, 6.07) is 11.3. The molecule has 4 rings (SSSR count). The van der Waals surface area contributed by atoms with E-state index in [0.717, 1.165) is 23.1 Å². The third-order valence-electron chi connectivity index (χ3n) is 6.16. The molecule has 2 aromatic carbocycles. The fourth-order valence-corrected chi connectivity index (χ4v) is 6.56. The van der Waals surface area contributed by atoms with E-state index in [2.05, 4.69) is 11.9 Å². The van der Waals surface area contributed by atoms with Crippen LogP contribution in [0.3, 0.4) is 0 Å². The van der Waals surface area contributed by atoms with Gasteiger partial charge in [-0.2, -0.15) is 9.30 Å². The lowest BCUT2D eigenvalue weighted by atomic mass is 10.0. The van der Waals surface area contributed by atoms with Crippen LogP contribution in [0.1, 0.15) is 37.0 Å². The summed E-state index contributed by atoms with van der Waals surface area (Å²) < 4.78 is 40.2. The molecule has 0 saturated carbocycles. The predicted molar refractivity (Wildman–Crippen MR) is 136 cm³/mol. The zero-order chi connectivity index (χ0) is 25.9. The number of carbonyl (C=O) groups is 2. The maximum atomic E-state index is 13.0. The van der Waals surface area contributed by atoms with Crippen molar-refractivity contribution in [3.63, 3.8) is 0 Å². The number of carbonyl (C=O) groups excluding carboxylic acids is 2. The number of hydrogen-bond acceptors (Lipinski definition) is 7. The van der Waals surface area contributed by atoms with Gasteiger partial charge in [-0.25, -0.2) is 8.42 Å². The molecule has 1 amide bonds. The smallest absolute Gasteiger partial charge is 0.325 e. The first-order valence-electron chi connectivity index (χ1n) is 11.7. The van der Waals surface area contributed by atoms with Gasteiger partial charge in [0.2, 0.25) is 10.0 Å². The summed E-state index contributed by atoms with van der Waals surface area (Å²) in [5.41, 5.74) is 0.969. The number of benzene rings is 2. The number of nitrogens with zero attached hydrogens (tertiary/aromatic N) is 3. The molecule has 0 radical (unpaired) electrons. The van der Waals surface area contributed by atoms with Crippen LogP contribution in [0.2, 0.25) is 0 Å². The Morgan fingerprint density at radius 1 is 1.11 bits per heavy atom. The van der Waals surface area contributed by atoms with Crippen LogP contribution in [0, 0.1) is 5.92 Å². The van der Waals surface area contributed by atoms with E-state index in [1.807, 2.05) is 19.1 Å². The van der Waals surface area contributed by atoms with Crippen molar-refractivity contribution in [1.29, 1.82) is 0 Å². The summed E-state index contributed by atoms with van der Waals surface area (Å²) in [5.74, 6) is 0.175. The predicted octanol–water partition coefficient (Wildman–Crippen LogP) is 3.44. The summed E-state index contributed by atoms with van der Waals surface area (Å²) >= 11 is 1.25. The molecule has 2 heterocycles. The second-order valence-electron chi connectivity index (χ2n) is 8.64. The summed E-state index contributed by atoms with van der Waals surface area (Å²) in [6.45, 7) is 5.41. The van der Waals surface area contributed by atoms with E-state index in [0.29, 0.717) is 36.2 Å². The normalized spacial score (nSPS) is 15.8. The standard InChI is InChI=1S/C25H29N3O6S2/c1-4-34-19-7-10-21-22(15-19)35-25(28(21)16-23(29)33-3)26-24(30)18-5-8-20(9-6-18)36(31,32)27-13-11-17(2)12-14-27/h5-10,15,17H,4,11-14,16H2,1-3H3. The van der Waals surface area contributed by atoms with Crippen molar-refractivity contribution in [3.05, 3.63) is 52.8 Å². The SMILES string of the molecule is CCOc1ccc2c(c1)sc(=NC(=O)c1ccc(S(=O)(=O)N3CCC(C)CC3)cc1)n2CC(=O)OC. The first kappa shape index (κ1) is 26.1. The molecule has 1 aliphatic rings. The van der Waals surface area contributed by atoms with Crippen molar-refractivity contribution in [2.75, 3.05) is 26.8 Å². The van der Waals surface area contributed by atoms with Crippen LogP contribution in [-0.2, 0) is 26.1 Å². The average Bonchev–Trinajstić information content (AvgIpc) is 3.20. The second-order valence-corrected chi connectivity index (χ2v) is 11.6. The van der Waals surface area contributed by atoms with Gasteiger partial charge in [0.05, 0.1) is 28.8 Å². The van der Waals surface area contributed by atoms with Crippen LogP contribution in [0.4, 0.5) is 0 Å². The number of fused-ring (bicyclic) bond motifs is 1. The molecular formula is C25H29N3O6S2. The van der Waals surface area contributed by atoms with E-state index in [1.165, 1.54) is 47.0 Å². The Kier molecular flexibility index (Phi) is 7.91. The molecule has 36 heavy (non-hydrogen) atoms. The Labute approximate surface area is 214 Å². The molecule has 1 aliphatic heterocycles. The maximum Gasteiger partial charge on any atom is 0.325 e. The lowest BCUT2D eigenvalue weighted by Gasteiger charge is -2.29. The van der Waals surface area contributed by atoms with Gasteiger partial charge in [0.1, 0.15) is 12.3 Å². The molecular weight excluding hydrogens is 502 g/mol. The molecule has 192 valence electrons. The van der Waals surface area contributed by atoms with Crippen molar-refractivity contribution < 1.29 is 27.5 Å². The van der Waals surface area contributed by atoms with Crippen molar-refractivity contribution in [1.82, 2.24) is 8.87 Å². The molecule has 0 unspecified atom stereocenters. The number of esters is 1. The Morgan fingerprint density at radius 2 is 1.81 bits per heavy atom. The van der Waals surface area contributed by atoms with Gasteiger partial charge in [-0.05, 0) is 68.1 Å². The van der Waals surface area contributed by atoms with Crippen molar-refractivity contribution in [2.45, 2.75) is 38.1 Å². The van der Waals surface area contributed by atoms with E-state index in [4.69, 9.17) is 9.47 Å². The lowest BCUT2D eigenvalue weighted by molar-refractivity contribution is -0.141. The summed E-state index contributed by atoms with van der Waals surface area (Å²) in [5, 5.41) is 0. The maximum absolute atomic E-state index is 13.0. The Morgan fingerprint density at radius 3 is 2.44 bits per heavy atom. The Bertz CT molecular complexity index is 1430. The molecule has 11 heteroatoms. The van der Waals surface area contributed by atoms with Gasteiger partial charge >= 0.3 is 5.97 Å². The number of hydrogen-bond donors (Lipinski definition) is 0. The first-order valence-corrected chi connectivity index (χ1v) is 14.0. The molecule has 0 spiro atoms. The summed E-state index contributed by atoms with van der Waals surface area (Å²) in [7, 11) is -2.31. The van der Waals surface area contributed by atoms with Crippen LogP contribution in [0.5, 0.6) is 5.75 Å². The third kappa shape index (κ3) is 5.53. The van der Waals surface area contributed by atoms with Crippen molar-refractivity contribution in [2.24, 2.45) is 10.9 Å². The molecule has 3 aromatic rings. The van der Waals surface area contributed by atoms with Gasteiger partial charge in [0.15, 0.2) is 4.80 Å². The van der Waals surface area contributed by atoms with Crippen LogP contribution in [0.15, 0.2) is 52.4 Å². The van der Waals surface area contributed by atoms with E-state index in [-0.39, 0.29) is 17.0 Å². The zero-order valence-corrected chi connectivity index (χ0v) is 22.1. The molecule has 0 aliphatic carbocycles. The Balaban J connectivity index is 1.65. The summed E-state index contributed by atoms with van der Waals surface area (Å²) in [6.07, 6.45) is 1.67. The molecule has 1 saturated heterocycles. The number of amides is 1. The fourth-order valence-electron chi connectivity index (χ4n) is 4.04. The minimum absolute atomic E-state index is 0.109. The van der Waals surface area contributed by atoms with Gasteiger partial charge < -0.3 is 14.0 Å². The minimum atomic E-state index is -3.61. The van der Waals surface area contributed by atoms with Crippen molar-refractivity contribution in [3.8, 4) is 5.75 Å². The van der Waals surface area contributed by atoms with Crippen LogP contribution in [-0.4, -0.2) is 56.0 Å². The lowest BCUT2D eigenvalue weighted by Crippen LogP contribution is -2.37. The highest BCUT2D eigenvalue weighted by Crippen LogP contribution is 2.25.